The fourth-order valence-electron chi connectivity index (χ4n) is 0.596. The predicted molar refractivity (Wildman–Crippen MR) is 33.1 cm³/mol. The van der Waals surface area contributed by atoms with E-state index in [9.17, 15) is 4.79 Å². The summed E-state index contributed by atoms with van der Waals surface area (Å²) in [5.41, 5.74) is 0.882. The topological polar surface area (TPSA) is 49.7 Å². The second kappa shape index (κ2) is 2.01. The van der Waals surface area contributed by atoms with Crippen LogP contribution in [0.4, 0.5) is 0 Å². The number of nitrogens with zero attached hydrogens (tertiary/aromatic N) is 1. The van der Waals surface area contributed by atoms with Crippen LogP contribution in [0.3, 0.4) is 0 Å². The lowest BCUT2D eigenvalue weighted by Crippen LogP contribution is -2.19. The van der Waals surface area contributed by atoms with Gasteiger partial charge >= 0.3 is 5.97 Å². The minimum absolute atomic E-state index is 0.157. The summed E-state index contributed by atoms with van der Waals surface area (Å²) >= 11 is 0. The maximum absolute atomic E-state index is 10.2. The van der Waals surface area contributed by atoms with Gasteiger partial charge < -0.3 is 5.11 Å². The summed E-state index contributed by atoms with van der Waals surface area (Å²) in [7, 11) is 0. The first kappa shape index (κ1) is 6.01. The molecule has 1 N–H and O–H groups in total. The molecule has 0 fully saturated rings. The highest BCUT2D eigenvalue weighted by Gasteiger charge is 2.18. The van der Waals surface area contributed by atoms with Crippen LogP contribution in [0, 0.1) is 6.92 Å². The van der Waals surface area contributed by atoms with E-state index in [0.717, 1.165) is 5.57 Å². The van der Waals surface area contributed by atoms with E-state index >= 15 is 0 Å². The fourth-order valence-corrected chi connectivity index (χ4v) is 0.596. The molecule has 0 bridgehead atoms. The van der Waals surface area contributed by atoms with Crippen LogP contribution in [-0.2, 0) is 4.79 Å². The first-order valence-corrected chi connectivity index (χ1v) is 2.55. The lowest BCUT2D eigenvalue weighted by atomic mass is 10.1. The quantitative estimate of drug-likeness (QED) is 0.587. The number of aliphatic imine (C=N–C) groups is 1. The van der Waals surface area contributed by atoms with Crippen LogP contribution in [0.5, 0.6) is 0 Å². The van der Waals surface area contributed by atoms with Gasteiger partial charge in [-0.1, -0.05) is 0 Å². The molecule has 0 amide bonds. The Bertz CT molecular complexity index is 203. The summed E-state index contributed by atoms with van der Waals surface area (Å²) in [4.78, 5) is 13.7. The molecule has 9 heavy (non-hydrogen) atoms. The van der Waals surface area contributed by atoms with Gasteiger partial charge in [-0.05, 0) is 13.3 Å². The summed E-state index contributed by atoms with van der Waals surface area (Å²) < 4.78 is 0. The second-order valence-corrected chi connectivity index (χ2v) is 1.69. The van der Waals surface area contributed by atoms with Crippen LogP contribution in [0.15, 0.2) is 16.8 Å². The average Bonchev–Trinajstić information content (AvgIpc) is 1.61. The summed E-state index contributed by atoms with van der Waals surface area (Å²) in [5, 5.41) is 8.34. The molecule has 1 aliphatic rings. The van der Waals surface area contributed by atoms with Gasteiger partial charge in [-0.15, -0.1) is 0 Å². The van der Waals surface area contributed by atoms with Crippen LogP contribution in [0.2, 0.25) is 0 Å². The third-order valence-corrected chi connectivity index (χ3v) is 1.13. The largest absolute Gasteiger partial charge is 0.477 e. The molecule has 0 unspecified atom stereocenters. The van der Waals surface area contributed by atoms with E-state index in [-0.39, 0.29) is 5.71 Å². The van der Waals surface area contributed by atoms with Gasteiger partial charge in [-0.3, -0.25) is 0 Å². The Hall–Kier alpha value is -1.12. The lowest BCUT2D eigenvalue weighted by Gasteiger charge is -2.08. The Balaban J connectivity index is 2.59. The SMILES string of the molecule is [CH2]CC1=CN=C1C(=O)O. The van der Waals surface area contributed by atoms with Crippen molar-refractivity contribution >= 4 is 11.7 Å². The van der Waals surface area contributed by atoms with E-state index in [1.165, 1.54) is 6.20 Å². The van der Waals surface area contributed by atoms with Crippen molar-refractivity contribution < 1.29 is 9.90 Å². The minimum atomic E-state index is -0.962. The smallest absolute Gasteiger partial charge is 0.354 e. The van der Waals surface area contributed by atoms with Crippen molar-refractivity contribution in [1.29, 1.82) is 0 Å². The zero-order chi connectivity index (χ0) is 6.85. The van der Waals surface area contributed by atoms with Gasteiger partial charge in [0.2, 0.25) is 0 Å². The predicted octanol–water partition coefficient (Wildman–Crippen LogP) is 0.634. The van der Waals surface area contributed by atoms with E-state index in [1.54, 1.807) is 0 Å². The number of carboxylic acids is 1. The van der Waals surface area contributed by atoms with Crippen molar-refractivity contribution in [3.05, 3.63) is 18.7 Å². The van der Waals surface area contributed by atoms with Crippen LogP contribution in [-0.4, -0.2) is 16.8 Å². The molecule has 1 heterocycles. The van der Waals surface area contributed by atoms with E-state index < -0.39 is 5.97 Å². The van der Waals surface area contributed by atoms with Gasteiger partial charge in [0.05, 0.1) is 0 Å². The molecule has 3 heteroatoms. The standard InChI is InChI=1S/C6H6NO2/c1-2-4-3-7-5(4)6(8)9/h3H,1-2H2,(H,8,9). The van der Waals surface area contributed by atoms with Gasteiger partial charge in [0.1, 0.15) is 0 Å². The zero-order valence-corrected chi connectivity index (χ0v) is 4.79. The molecule has 1 radical (unpaired) electrons. The Morgan fingerprint density at radius 3 is 2.67 bits per heavy atom. The molecule has 0 aromatic heterocycles. The highest BCUT2D eigenvalue weighted by Crippen LogP contribution is 2.12. The van der Waals surface area contributed by atoms with Gasteiger partial charge in [0.15, 0.2) is 5.71 Å². The second-order valence-electron chi connectivity index (χ2n) is 1.69. The fraction of sp³-hybridized carbons (Fsp3) is 0.167. The van der Waals surface area contributed by atoms with Crippen molar-refractivity contribution in [2.24, 2.45) is 4.99 Å². The van der Waals surface area contributed by atoms with Crippen molar-refractivity contribution in [2.75, 3.05) is 0 Å². The molecular weight excluding hydrogens is 118 g/mol. The minimum Gasteiger partial charge on any atom is -0.477 e. The molecule has 0 aliphatic carbocycles. The number of carboxylic acid groups (broad SMARTS) is 1. The van der Waals surface area contributed by atoms with Crippen molar-refractivity contribution in [3.8, 4) is 0 Å². The molecule has 1 aliphatic heterocycles. The molecule has 3 nitrogen and oxygen atoms in total. The van der Waals surface area contributed by atoms with Gasteiger partial charge in [-0.2, -0.15) is 0 Å². The van der Waals surface area contributed by atoms with Crippen LogP contribution < -0.4 is 0 Å². The van der Waals surface area contributed by atoms with Crippen molar-refractivity contribution in [2.45, 2.75) is 6.42 Å². The van der Waals surface area contributed by atoms with E-state index in [2.05, 4.69) is 11.9 Å². The van der Waals surface area contributed by atoms with E-state index in [4.69, 9.17) is 5.11 Å². The summed E-state index contributed by atoms with van der Waals surface area (Å²) in [6.07, 6.45) is 2.03. The number of hydrogen-bond acceptors (Lipinski definition) is 2. The maximum atomic E-state index is 10.2. The summed E-state index contributed by atoms with van der Waals surface area (Å²) in [6.45, 7) is 3.53. The van der Waals surface area contributed by atoms with Gasteiger partial charge in [-0.25, -0.2) is 9.79 Å². The van der Waals surface area contributed by atoms with Crippen LogP contribution >= 0.6 is 0 Å². The normalized spacial score (nSPS) is 15.7. The third-order valence-electron chi connectivity index (χ3n) is 1.13. The van der Waals surface area contributed by atoms with Crippen molar-refractivity contribution in [1.82, 2.24) is 0 Å². The average molecular weight is 124 g/mol. The molecule has 0 saturated carbocycles. The van der Waals surface area contributed by atoms with Crippen LogP contribution in [0.25, 0.3) is 0 Å². The Labute approximate surface area is 52.7 Å². The summed E-state index contributed by atoms with van der Waals surface area (Å²) in [5.74, 6) is -0.962. The van der Waals surface area contributed by atoms with Gasteiger partial charge in [0, 0.05) is 11.8 Å². The number of hydrogen-bond donors (Lipinski definition) is 1. The van der Waals surface area contributed by atoms with Gasteiger partial charge in [0.25, 0.3) is 0 Å². The zero-order valence-electron chi connectivity index (χ0n) is 4.79. The Morgan fingerprint density at radius 2 is 2.56 bits per heavy atom. The first-order valence-electron chi connectivity index (χ1n) is 2.55. The van der Waals surface area contributed by atoms with Crippen molar-refractivity contribution in [3.63, 3.8) is 0 Å². The third kappa shape index (κ3) is 0.850. The van der Waals surface area contributed by atoms with E-state index in [0.29, 0.717) is 6.42 Å². The molecule has 1 rings (SSSR count). The molecule has 0 atom stereocenters. The molecule has 0 saturated heterocycles. The Morgan fingerprint density at radius 1 is 1.89 bits per heavy atom. The number of carbonyl (C=O) groups is 1. The molecule has 0 spiro atoms. The molecule has 47 valence electrons. The summed E-state index contributed by atoms with van der Waals surface area (Å²) in [6, 6.07) is 0. The molecule has 0 aromatic carbocycles. The lowest BCUT2D eigenvalue weighted by molar-refractivity contribution is -0.129. The monoisotopic (exact) mass is 124 g/mol. The highest BCUT2D eigenvalue weighted by atomic mass is 16.4. The molecule has 0 aromatic rings. The highest BCUT2D eigenvalue weighted by molar-refractivity contribution is 6.44. The van der Waals surface area contributed by atoms with Crippen LogP contribution in [0.1, 0.15) is 6.42 Å². The number of aliphatic carboxylic acids is 1. The van der Waals surface area contributed by atoms with E-state index in [1.807, 2.05) is 0 Å². The molecular formula is C6H6NO2. The number of rotatable bonds is 2. The maximum Gasteiger partial charge on any atom is 0.354 e. The first-order chi connectivity index (χ1) is 4.25. The Kier molecular flexibility index (Phi) is 1.34.